The van der Waals surface area contributed by atoms with Gasteiger partial charge < -0.3 is 14.5 Å². The van der Waals surface area contributed by atoms with Crippen molar-refractivity contribution in [3.05, 3.63) is 65.7 Å². The summed E-state index contributed by atoms with van der Waals surface area (Å²) >= 11 is 0. The molecule has 2 fully saturated rings. The van der Waals surface area contributed by atoms with Crippen LogP contribution in [-0.2, 0) is 13.0 Å². The van der Waals surface area contributed by atoms with Crippen molar-refractivity contribution >= 4 is 6.03 Å². The van der Waals surface area contributed by atoms with Crippen LogP contribution in [0.25, 0.3) is 0 Å². The van der Waals surface area contributed by atoms with Gasteiger partial charge in [-0.1, -0.05) is 60.8 Å². The van der Waals surface area contributed by atoms with Crippen LogP contribution < -0.4 is 4.74 Å². The fraction of sp³-hybridized carbons (Fsp3) is 0.519. The maximum absolute atomic E-state index is 15.0. The SMILES string of the molecule is CC(C)COc1ccc(CN2C(=O)N(F)CC3(CCN(C)CC3)C2Cc2ccccc2)cc1. The van der Waals surface area contributed by atoms with Crippen molar-refractivity contribution in [2.45, 2.75) is 45.7 Å². The first-order chi connectivity index (χ1) is 15.9. The molecule has 0 saturated carbocycles. The molecule has 0 radical (unpaired) electrons. The van der Waals surface area contributed by atoms with Gasteiger partial charge in [-0.25, -0.2) is 4.79 Å². The highest BCUT2D eigenvalue weighted by molar-refractivity contribution is 5.75. The first-order valence-corrected chi connectivity index (χ1v) is 12.0. The van der Waals surface area contributed by atoms with Gasteiger partial charge in [0, 0.05) is 18.0 Å². The van der Waals surface area contributed by atoms with Crippen molar-refractivity contribution < 1.29 is 14.0 Å². The zero-order valence-electron chi connectivity index (χ0n) is 20.0. The van der Waals surface area contributed by atoms with Crippen LogP contribution in [0, 0.1) is 11.3 Å². The number of hydrogen-bond donors (Lipinski definition) is 0. The molecule has 6 heteroatoms. The molecule has 2 amide bonds. The Morgan fingerprint density at radius 3 is 2.33 bits per heavy atom. The summed E-state index contributed by atoms with van der Waals surface area (Å²) in [6.07, 6.45) is 2.50. The molecule has 2 aliphatic heterocycles. The molecule has 4 rings (SSSR count). The molecule has 1 atom stereocenters. The average Bonchev–Trinajstić information content (AvgIpc) is 2.82. The van der Waals surface area contributed by atoms with Crippen LogP contribution in [0.3, 0.4) is 0 Å². The number of rotatable bonds is 7. The second-order valence-corrected chi connectivity index (χ2v) is 10.2. The minimum atomic E-state index is -0.527. The summed E-state index contributed by atoms with van der Waals surface area (Å²) in [5.74, 6) is 1.27. The lowest BCUT2D eigenvalue weighted by atomic mass is 9.68. The summed E-state index contributed by atoms with van der Waals surface area (Å²) in [6, 6.07) is 17.6. The number of benzene rings is 2. The van der Waals surface area contributed by atoms with Gasteiger partial charge in [-0.15, -0.1) is 0 Å². The molecule has 2 heterocycles. The molecular weight excluding hydrogens is 417 g/mol. The van der Waals surface area contributed by atoms with Crippen LogP contribution in [0.4, 0.5) is 9.28 Å². The van der Waals surface area contributed by atoms with E-state index in [2.05, 4.69) is 37.9 Å². The molecule has 2 aliphatic rings. The first-order valence-electron chi connectivity index (χ1n) is 12.0. The third-order valence-electron chi connectivity index (χ3n) is 7.10. The van der Waals surface area contributed by atoms with Gasteiger partial charge >= 0.3 is 6.03 Å². The molecule has 2 aromatic rings. The third kappa shape index (κ3) is 5.49. The van der Waals surface area contributed by atoms with Crippen molar-refractivity contribution in [3.8, 4) is 5.75 Å². The molecule has 1 spiro atoms. The zero-order chi connectivity index (χ0) is 23.4. The number of amides is 2. The van der Waals surface area contributed by atoms with Gasteiger partial charge in [-0.05, 0) is 68.6 Å². The standard InChI is InChI=1S/C27H36FN3O2/c1-21(2)19-33-24-11-9-23(10-12-24)18-30-25(17-22-7-5-4-6-8-22)27(20-31(28)26(30)32)13-15-29(3)16-14-27/h4-12,21,25H,13-20H2,1-3H3. The number of carbonyl (C=O) groups excluding carboxylic acids is 1. The summed E-state index contributed by atoms with van der Waals surface area (Å²) in [5, 5.41) is 0.451. The second kappa shape index (κ2) is 10.1. The van der Waals surface area contributed by atoms with Gasteiger partial charge in [0.05, 0.1) is 13.2 Å². The molecule has 5 nitrogen and oxygen atoms in total. The predicted octanol–water partition coefficient (Wildman–Crippen LogP) is 5.17. The average molecular weight is 454 g/mol. The number of piperidine rings is 1. The Hall–Kier alpha value is -2.60. The van der Waals surface area contributed by atoms with Crippen LogP contribution in [0.15, 0.2) is 54.6 Å². The van der Waals surface area contributed by atoms with Gasteiger partial charge in [0.25, 0.3) is 0 Å². The minimum absolute atomic E-state index is 0.0510. The second-order valence-electron chi connectivity index (χ2n) is 10.2. The molecule has 178 valence electrons. The monoisotopic (exact) mass is 453 g/mol. The number of hydrogen-bond acceptors (Lipinski definition) is 3. The maximum Gasteiger partial charge on any atom is 0.348 e. The van der Waals surface area contributed by atoms with E-state index in [-0.39, 0.29) is 18.0 Å². The highest BCUT2D eigenvalue weighted by Gasteiger charge is 2.51. The van der Waals surface area contributed by atoms with Crippen molar-refractivity contribution in [2.24, 2.45) is 11.3 Å². The third-order valence-corrected chi connectivity index (χ3v) is 7.10. The molecule has 2 aromatic carbocycles. The van der Waals surface area contributed by atoms with Crippen molar-refractivity contribution in [1.82, 2.24) is 14.9 Å². The van der Waals surface area contributed by atoms with Crippen molar-refractivity contribution in [3.63, 3.8) is 0 Å². The molecule has 1 unspecified atom stereocenters. The number of nitrogens with zero attached hydrogens (tertiary/aromatic N) is 3. The summed E-state index contributed by atoms with van der Waals surface area (Å²) in [7, 11) is 2.11. The van der Waals surface area contributed by atoms with E-state index in [1.54, 1.807) is 4.90 Å². The lowest BCUT2D eigenvalue weighted by Gasteiger charge is -2.54. The van der Waals surface area contributed by atoms with E-state index < -0.39 is 6.03 Å². The molecule has 0 N–H and O–H groups in total. The fourth-order valence-electron chi connectivity index (χ4n) is 5.10. The van der Waals surface area contributed by atoms with Crippen LogP contribution >= 0.6 is 0 Å². The Balaban J connectivity index is 1.60. The Morgan fingerprint density at radius 2 is 1.70 bits per heavy atom. The van der Waals surface area contributed by atoms with Crippen molar-refractivity contribution in [2.75, 3.05) is 33.3 Å². The zero-order valence-corrected chi connectivity index (χ0v) is 20.0. The molecular formula is C27H36FN3O2. The lowest BCUT2D eigenvalue weighted by molar-refractivity contribution is -0.0928. The Morgan fingerprint density at radius 1 is 1.03 bits per heavy atom. The normalized spacial score (nSPS) is 21.1. The molecule has 0 aromatic heterocycles. The van der Waals surface area contributed by atoms with E-state index >= 15 is 4.48 Å². The number of ether oxygens (including phenoxy) is 1. The smallest absolute Gasteiger partial charge is 0.348 e. The summed E-state index contributed by atoms with van der Waals surface area (Å²) in [5.41, 5.74) is 1.91. The Bertz CT molecular complexity index is 911. The molecule has 2 saturated heterocycles. The van der Waals surface area contributed by atoms with E-state index in [0.29, 0.717) is 24.2 Å². The van der Waals surface area contributed by atoms with E-state index in [9.17, 15) is 4.79 Å². The lowest BCUT2D eigenvalue weighted by Crippen LogP contribution is -2.64. The van der Waals surface area contributed by atoms with Crippen molar-refractivity contribution in [1.29, 1.82) is 0 Å². The molecule has 0 bridgehead atoms. The summed E-state index contributed by atoms with van der Waals surface area (Å²) in [6.45, 7) is 7.30. The van der Waals surface area contributed by atoms with Gasteiger partial charge in [0.2, 0.25) is 0 Å². The van der Waals surface area contributed by atoms with E-state index in [1.807, 2.05) is 42.5 Å². The summed E-state index contributed by atoms with van der Waals surface area (Å²) in [4.78, 5) is 17.2. The fourth-order valence-corrected chi connectivity index (χ4v) is 5.10. The van der Waals surface area contributed by atoms with E-state index in [1.165, 1.54) is 5.56 Å². The first kappa shape index (κ1) is 23.6. The quantitative estimate of drug-likeness (QED) is 0.543. The predicted molar refractivity (Wildman–Crippen MR) is 129 cm³/mol. The Labute approximate surface area is 197 Å². The van der Waals surface area contributed by atoms with Gasteiger partial charge in [-0.2, -0.15) is 5.12 Å². The molecule has 33 heavy (non-hydrogen) atoms. The van der Waals surface area contributed by atoms with E-state index in [4.69, 9.17) is 4.74 Å². The number of urea groups is 1. The number of carbonyl (C=O) groups is 1. The van der Waals surface area contributed by atoms with Crippen LogP contribution in [0.1, 0.15) is 37.8 Å². The van der Waals surface area contributed by atoms with E-state index in [0.717, 1.165) is 43.7 Å². The number of halogens is 1. The number of likely N-dealkylation sites (tertiary alicyclic amines) is 1. The van der Waals surface area contributed by atoms with Gasteiger partial charge in [0.15, 0.2) is 0 Å². The highest BCUT2D eigenvalue weighted by atomic mass is 19.2. The van der Waals surface area contributed by atoms with Crippen LogP contribution in [-0.4, -0.2) is 60.3 Å². The Kier molecular flexibility index (Phi) is 7.23. The van der Waals surface area contributed by atoms with Crippen LogP contribution in [0.2, 0.25) is 0 Å². The molecule has 0 aliphatic carbocycles. The minimum Gasteiger partial charge on any atom is -0.493 e. The highest BCUT2D eigenvalue weighted by Crippen LogP contribution is 2.43. The maximum atomic E-state index is 15.0. The van der Waals surface area contributed by atoms with Gasteiger partial charge in [-0.3, -0.25) is 0 Å². The largest absolute Gasteiger partial charge is 0.493 e. The van der Waals surface area contributed by atoms with Crippen LogP contribution in [0.5, 0.6) is 5.75 Å². The summed E-state index contributed by atoms with van der Waals surface area (Å²) < 4.78 is 20.8. The topological polar surface area (TPSA) is 36.0 Å². The van der Waals surface area contributed by atoms with Gasteiger partial charge in [0.1, 0.15) is 5.75 Å².